The molecule has 0 aromatic carbocycles. The van der Waals surface area contributed by atoms with E-state index in [9.17, 15) is 39.6 Å². The van der Waals surface area contributed by atoms with Crippen molar-refractivity contribution < 1.29 is 78.6 Å². The Balaban J connectivity index is -0.0000000376. The molecule has 0 unspecified atom stereocenters. The molecule has 0 amide bonds. The topological polar surface area (TPSA) is 161 Å². The fourth-order valence-corrected chi connectivity index (χ4v) is 0. The van der Waals surface area contributed by atoms with E-state index in [2.05, 4.69) is 0 Å². The van der Waals surface area contributed by atoms with Crippen LogP contribution in [0.5, 0.6) is 0 Å². The summed E-state index contributed by atoms with van der Waals surface area (Å²) >= 11 is 0. The van der Waals surface area contributed by atoms with Crippen molar-refractivity contribution in [2.45, 2.75) is 53.4 Å². The first-order valence-electron chi connectivity index (χ1n) is 5.88. The molecule has 0 radical (unpaired) electrons. The molecule has 0 fully saturated rings. The van der Waals surface area contributed by atoms with Crippen LogP contribution in [-0.2, 0) is 58.1 Å². The van der Waals surface area contributed by atoms with E-state index in [0.29, 0.717) is 0 Å². The average Bonchev–Trinajstić information content (AvgIpc) is 2.40. The van der Waals surface area contributed by atoms with Gasteiger partial charge in [0.25, 0.3) is 0 Å². The minimum absolute atomic E-state index is 0. The summed E-state index contributed by atoms with van der Waals surface area (Å²) < 4.78 is 0. The second-order valence-corrected chi connectivity index (χ2v) is 2.90. The number of carbonyl (C=O) groups is 4. The van der Waals surface area contributed by atoms with Gasteiger partial charge in [0, 0.05) is 23.9 Å². The number of aliphatic carboxylic acids is 4. The van der Waals surface area contributed by atoms with Gasteiger partial charge >= 0.3 is 39.0 Å². The summed E-state index contributed by atoms with van der Waals surface area (Å²) in [5, 5.41) is 37.0. The summed E-state index contributed by atoms with van der Waals surface area (Å²) in [6.07, 6.45) is 0.444. The summed E-state index contributed by atoms with van der Waals surface area (Å²) in [6.45, 7) is 6.15. The average molecular weight is 423 g/mol. The largest absolute Gasteiger partial charge is 2.00 e. The predicted octanol–water partition coefficient (Wildman–Crippen LogP) is -3.42. The second kappa shape index (κ2) is 32.2. The molecule has 0 saturated carbocycles. The van der Waals surface area contributed by atoms with E-state index in [0.717, 1.165) is 0 Å². The number of rotatable bonds is 4. The zero-order valence-electron chi connectivity index (χ0n) is 13.5. The van der Waals surface area contributed by atoms with Crippen LogP contribution in [0.15, 0.2) is 0 Å². The Labute approximate surface area is 155 Å². The van der Waals surface area contributed by atoms with Crippen LogP contribution in [0.25, 0.3) is 0 Å². The van der Waals surface area contributed by atoms with Crippen molar-refractivity contribution >= 4 is 23.9 Å². The van der Waals surface area contributed by atoms with Crippen molar-refractivity contribution in [3.63, 3.8) is 0 Å². The van der Waals surface area contributed by atoms with Crippen molar-refractivity contribution in [3.05, 3.63) is 0 Å². The van der Waals surface area contributed by atoms with Crippen LogP contribution >= 0.6 is 0 Å². The Morgan fingerprint density at radius 1 is 0.500 bits per heavy atom. The summed E-state index contributed by atoms with van der Waals surface area (Å²) in [5.74, 6) is -3.98. The van der Waals surface area contributed by atoms with E-state index < -0.39 is 23.9 Å². The van der Waals surface area contributed by atoms with Gasteiger partial charge in [0.15, 0.2) is 0 Å². The maximum atomic E-state index is 9.26. The Hall–Kier alpha value is -0.873. The van der Waals surface area contributed by atoms with Crippen LogP contribution in [0.4, 0.5) is 0 Å². The summed E-state index contributed by atoms with van der Waals surface area (Å²) in [7, 11) is 0. The Bertz CT molecular complexity index is 226. The predicted molar refractivity (Wildman–Crippen MR) is 61.2 cm³/mol. The molecule has 0 aromatic heterocycles. The van der Waals surface area contributed by atoms with Gasteiger partial charge < -0.3 is 39.6 Å². The number of carboxylic acids is 4. The number of hydrogen-bond acceptors (Lipinski definition) is 8. The normalized spacial score (nSPS) is 6.73. The first-order valence-corrected chi connectivity index (χ1v) is 5.88. The Morgan fingerprint density at radius 2 is 0.545 bits per heavy atom. The molecule has 0 atom stereocenters. The maximum Gasteiger partial charge on any atom is 2.00 e. The molecule has 0 aliphatic heterocycles. The maximum absolute atomic E-state index is 9.26. The van der Waals surface area contributed by atoms with Crippen LogP contribution in [0.3, 0.4) is 0 Å². The van der Waals surface area contributed by atoms with Gasteiger partial charge in [-0.3, -0.25) is 0 Å². The Kier molecular flexibility index (Phi) is 54.7. The fraction of sp³-hybridized carbons (Fsp3) is 0.667. The molecule has 0 aliphatic carbocycles. The van der Waals surface area contributed by atoms with Crippen molar-refractivity contribution in [2.75, 3.05) is 0 Å². The molecule has 0 N–H and O–H groups in total. The summed E-state index contributed by atoms with van der Waals surface area (Å²) in [6, 6.07) is 0. The molecular weight excluding hydrogens is 403 g/mol. The zero-order chi connectivity index (χ0) is 17.1. The van der Waals surface area contributed by atoms with Gasteiger partial charge in [-0.05, 0) is 25.7 Å². The SMILES string of the molecule is CCC(=O)[O-].CCC(=O)[O-].CCC(=O)[O-].CCC(=O)[O-].[Zn+2].[Zn+2]. The van der Waals surface area contributed by atoms with Crippen LogP contribution in [-0.4, -0.2) is 23.9 Å². The number of carboxylic acid groups (broad SMARTS) is 4. The third kappa shape index (κ3) is 124. The van der Waals surface area contributed by atoms with Crippen molar-refractivity contribution in [1.29, 1.82) is 0 Å². The third-order valence-corrected chi connectivity index (χ3v) is 1.15. The first-order chi connectivity index (χ1) is 9.08. The smallest absolute Gasteiger partial charge is 0.550 e. The molecule has 22 heavy (non-hydrogen) atoms. The van der Waals surface area contributed by atoms with Crippen molar-refractivity contribution in [1.82, 2.24) is 0 Å². The second-order valence-electron chi connectivity index (χ2n) is 2.90. The standard InChI is InChI=1S/4C3H6O2.2Zn/c4*1-2-3(4)5;;/h4*2H2,1H3,(H,4,5);;/q;;;;2*+2/p-4. The molecule has 0 bridgehead atoms. The monoisotopic (exact) mass is 420 g/mol. The van der Waals surface area contributed by atoms with E-state index in [4.69, 9.17) is 0 Å². The van der Waals surface area contributed by atoms with E-state index in [-0.39, 0.29) is 64.6 Å². The molecular formula is C12H20O8Zn2. The van der Waals surface area contributed by atoms with Gasteiger partial charge in [-0.25, -0.2) is 0 Å². The van der Waals surface area contributed by atoms with Gasteiger partial charge in [-0.1, -0.05) is 27.7 Å². The molecule has 8 nitrogen and oxygen atoms in total. The Morgan fingerprint density at radius 3 is 0.545 bits per heavy atom. The van der Waals surface area contributed by atoms with Crippen LogP contribution in [0.1, 0.15) is 53.4 Å². The van der Waals surface area contributed by atoms with E-state index in [1.807, 2.05) is 0 Å². The van der Waals surface area contributed by atoms with Crippen LogP contribution < -0.4 is 20.4 Å². The summed E-state index contributed by atoms with van der Waals surface area (Å²) in [5.41, 5.74) is 0. The van der Waals surface area contributed by atoms with Gasteiger partial charge in [0.1, 0.15) is 0 Å². The van der Waals surface area contributed by atoms with Crippen molar-refractivity contribution in [2.24, 2.45) is 0 Å². The van der Waals surface area contributed by atoms with E-state index >= 15 is 0 Å². The molecule has 120 valence electrons. The van der Waals surface area contributed by atoms with Crippen LogP contribution in [0.2, 0.25) is 0 Å². The molecule has 0 saturated heterocycles. The minimum atomic E-state index is -0.995. The van der Waals surface area contributed by atoms with Gasteiger partial charge in [0.05, 0.1) is 0 Å². The minimum Gasteiger partial charge on any atom is -0.550 e. The van der Waals surface area contributed by atoms with Gasteiger partial charge in [0.2, 0.25) is 0 Å². The molecule has 0 aromatic rings. The van der Waals surface area contributed by atoms with Crippen LogP contribution in [0, 0.1) is 0 Å². The molecule has 0 spiro atoms. The van der Waals surface area contributed by atoms with E-state index in [1.54, 1.807) is 0 Å². The fourth-order valence-electron chi connectivity index (χ4n) is 0. The third-order valence-electron chi connectivity index (χ3n) is 1.15. The van der Waals surface area contributed by atoms with Crippen molar-refractivity contribution in [3.8, 4) is 0 Å². The molecule has 0 rings (SSSR count). The zero-order valence-corrected chi connectivity index (χ0v) is 19.4. The quantitative estimate of drug-likeness (QED) is 0.423. The summed E-state index contributed by atoms with van der Waals surface area (Å²) in [4.78, 5) is 37.0. The molecule has 10 heteroatoms. The molecule has 0 aliphatic rings. The van der Waals surface area contributed by atoms with Gasteiger partial charge in [-0.2, -0.15) is 0 Å². The van der Waals surface area contributed by atoms with E-state index in [1.165, 1.54) is 27.7 Å². The number of hydrogen-bond donors (Lipinski definition) is 0. The number of carbonyl (C=O) groups excluding carboxylic acids is 4. The van der Waals surface area contributed by atoms with Gasteiger partial charge in [-0.15, -0.1) is 0 Å². The first kappa shape index (κ1) is 37.4. The molecule has 0 heterocycles.